The van der Waals surface area contributed by atoms with E-state index in [1.54, 1.807) is 36.4 Å². The van der Waals surface area contributed by atoms with Crippen LogP contribution in [-0.4, -0.2) is 31.7 Å². The predicted octanol–water partition coefficient (Wildman–Crippen LogP) is 4.96. The Kier molecular flexibility index (Phi) is 6.98. The summed E-state index contributed by atoms with van der Waals surface area (Å²) in [5.74, 6) is 0.0475. The molecule has 1 N–H and O–H groups in total. The third-order valence-corrected chi connectivity index (χ3v) is 7.65. The molecule has 2 aromatic carbocycles. The summed E-state index contributed by atoms with van der Waals surface area (Å²) in [6.07, 6.45) is 3.15. The molecule has 1 saturated heterocycles. The average molecular weight is 435 g/mol. The van der Waals surface area contributed by atoms with Crippen molar-refractivity contribution in [1.82, 2.24) is 4.31 Å². The summed E-state index contributed by atoms with van der Waals surface area (Å²) in [7, 11) is -3.62. The summed E-state index contributed by atoms with van der Waals surface area (Å²) in [5.41, 5.74) is 2.36. The molecule has 0 radical (unpaired) electrons. The van der Waals surface area contributed by atoms with Crippen LogP contribution in [0.1, 0.15) is 49.7 Å². The predicted molar refractivity (Wildman–Crippen MR) is 117 cm³/mol. The maximum atomic E-state index is 13.4. The molecule has 156 valence electrons. The van der Waals surface area contributed by atoms with Gasteiger partial charge < -0.3 is 5.32 Å². The van der Waals surface area contributed by atoms with Crippen LogP contribution < -0.4 is 5.32 Å². The van der Waals surface area contributed by atoms with E-state index >= 15 is 0 Å². The van der Waals surface area contributed by atoms with Crippen molar-refractivity contribution in [1.29, 1.82) is 0 Å². The number of rotatable bonds is 5. The van der Waals surface area contributed by atoms with Crippen LogP contribution >= 0.6 is 11.6 Å². The van der Waals surface area contributed by atoms with E-state index < -0.39 is 10.0 Å². The fraction of sp³-hybridized carbons (Fsp3) is 0.409. The van der Waals surface area contributed by atoms with Crippen molar-refractivity contribution < 1.29 is 13.2 Å². The van der Waals surface area contributed by atoms with Gasteiger partial charge in [0.2, 0.25) is 15.9 Å². The number of halogens is 1. The van der Waals surface area contributed by atoms with Crippen molar-refractivity contribution in [3.63, 3.8) is 0 Å². The minimum atomic E-state index is -3.62. The quantitative estimate of drug-likeness (QED) is 0.723. The van der Waals surface area contributed by atoms with Crippen LogP contribution in [0, 0.1) is 6.92 Å². The first-order chi connectivity index (χ1) is 13.8. The molecule has 1 heterocycles. The van der Waals surface area contributed by atoms with Gasteiger partial charge in [-0.2, -0.15) is 4.31 Å². The molecule has 0 aliphatic carbocycles. The number of amides is 1. The second-order valence-corrected chi connectivity index (χ2v) is 9.83. The van der Waals surface area contributed by atoms with E-state index in [0.29, 0.717) is 40.7 Å². The molecule has 0 saturated carbocycles. The van der Waals surface area contributed by atoms with Crippen LogP contribution in [0.15, 0.2) is 47.4 Å². The molecule has 0 spiro atoms. The van der Waals surface area contributed by atoms with Crippen LogP contribution in [0.3, 0.4) is 0 Å². The Morgan fingerprint density at radius 3 is 2.55 bits per heavy atom. The van der Waals surface area contributed by atoms with Gasteiger partial charge in [0.1, 0.15) is 0 Å². The zero-order valence-corrected chi connectivity index (χ0v) is 18.4. The number of benzene rings is 2. The molecule has 3 rings (SSSR count). The van der Waals surface area contributed by atoms with E-state index in [1.807, 2.05) is 24.3 Å². The first-order valence-electron chi connectivity index (χ1n) is 9.97. The summed E-state index contributed by atoms with van der Waals surface area (Å²) < 4.78 is 28.4. The van der Waals surface area contributed by atoms with Gasteiger partial charge in [-0.05, 0) is 67.1 Å². The molecule has 7 heteroatoms. The summed E-state index contributed by atoms with van der Waals surface area (Å²) >= 11 is 6.00. The summed E-state index contributed by atoms with van der Waals surface area (Å²) in [5, 5.41) is 3.45. The largest absolute Gasteiger partial charge is 0.326 e. The van der Waals surface area contributed by atoms with Crippen LogP contribution in [0.4, 0.5) is 5.69 Å². The second kappa shape index (κ2) is 9.28. The molecule has 5 nitrogen and oxygen atoms in total. The van der Waals surface area contributed by atoms with E-state index in [9.17, 15) is 13.2 Å². The fourth-order valence-corrected chi connectivity index (χ4v) is 5.59. The van der Waals surface area contributed by atoms with Gasteiger partial charge in [-0.25, -0.2) is 8.42 Å². The standard InChI is InChI=1S/C22H27ClN2O3S/c1-3-22(26)24-20-11-12-21(16(2)14-20)29(27,28)25-13-5-4-6-18(15-25)17-7-9-19(23)10-8-17/h7-12,14,18H,3-6,13,15H2,1-2H3,(H,24,26). The molecule has 1 unspecified atom stereocenters. The molecule has 1 amide bonds. The smallest absolute Gasteiger partial charge is 0.243 e. The molecule has 1 aliphatic heterocycles. The Balaban J connectivity index is 1.85. The Hall–Kier alpha value is -1.89. The lowest BCUT2D eigenvalue weighted by atomic mass is 9.95. The van der Waals surface area contributed by atoms with Gasteiger partial charge in [-0.1, -0.05) is 37.1 Å². The van der Waals surface area contributed by atoms with Gasteiger partial charge >= 0.3 is 0 Å². The number of sulfonamides is 1. The highest BCUT2D eigenvalue weighted by Crippen LogP contribution is 2.31. The SMILES string of the molecule is CCC(=O)Nc1ccc(S(=O)(=O)N2CCCCC(c3ccc(Cl)cc3)C2)c(C)c1. The third-order valence-electron chi connectivity index (χ3n) is 5.37. The number of carbonyl (C=O) groups is 1. The lowest BCUT2D eigenvalue weighted by molar-refractivity contribution is -0.115. The van der Waals surface area contributed by atoms with E-state index in [-0.39, 0.29) is 11.8 Å². The highest BCUT2D eigenvalue weighted by atomic mass is 35.5. The molecule has 1 atom stereocenters. The first kappa shape index (κ1) is 21.8. The minimum Gasteiger partial charge on any atom is -0.326 e. The molecular weight excluding hydrogens is 408 g/mol. The lowest BCUT2D eigenvalue weighted by Gasteiger charge is -2.25. The first-order valence-corrected chi connectivity index (χ1v) is 11.8. The molecule has 2 aromatic rings. The van der Waals surface area contributed by atoms with E-state index in [4.69, 9.17) is 11.6 Å². The lowest BCUT2D eigenvalue weighted by Crippen LogP contribution is -2.34. The Labute approximate surface area is 178 Å². The van der Waals surface area contributed by atoms with Crippen LogP contribution in [-0.2, 0) is 14.8 Å². The third kappa shape index (κ3) is 5.18. The normalized spacial score (nSPS) is 18.2. The zero-order chi connectivity index (χ0) is 21.0. The second-order valence-electron chi connectivity index (χ2n) is 7.49. The van der Waals surface area contributed by atoms with E-state index in [0.717, 1.165) is 24.8 Å². The van der Waals surface area contributed by atoms with E-state index in [2.05, 4.69) is 5.32 Å². The summed E-state index contributed by atoms with van der Waals surface area (Å²) in [6, 6.07) is 12.6. The van der Waals surface area contributed by atoms with Gasteiger partial charge in [-0.3, -0.25) is 4.79 Å². The topological polar surface area (TPSA) is 66.5 Å². The van der Waals surface area contributed by atoms with Gasteiger partial charge in [0.15, 0.2) is 0 Å². The zero-order valence-electron chi connectivity index (χ0n) is 16.8. The number of anilines is 1. The number of nitrogens with zero attached hydrogens (tertiary/aromatic N) is 1. The minimum absolute atomic E-state index is 0.0988. The Bertz CT molecular complexity index is 974. The molecule has 1 fully saturated rings. The molecule has 29 heavy (non-hydrogen) atoms. The molecule has 1 aliphatic rings. The number of hydrogen-bond acceptors (Lipinski definition) is 3. The summed E-state index contributed by atoms with van der Waals surface area (Å²) in [6.45, 7) is 4.51. The molecule has 0 bridgehead atoms. The van der Waals surface area contributed by atoms with Crippen molar-refractivity contribution in [2.75, 3.05) is 18.4 Å². The van der Waals surface area contributed by atoms with Gasteiger partial charge in [0, 0.05) is 30.2 Å². The Morgan fingerprint density at radius 2 is 1.90 bits per heavy atom. The molecule has 0 aromatic heterocycles. The van der Waals surface area contributed by atoms with Gasteiger partial charge in [0.05, 0.1) is 4.90 Å². The van der Waals surface area contributed by atoms with Crippen LogP contribution in [0.5, 0.6) is 0 Å². The highest BCUT2D eigenvalue weighted by molar-refractivity contribution is 7.89. The Morgan fingerprint density at radius 1 is 1.17 bits per heavy atom. The van der Waals surface area contributed by atoms with Crippen molar-refractivity contribution >= 4 is 33.2 Å². The van der Waals surface area contributed by atoms with Crippen molar-refractivity contribution in [2.24, 2.45) is 0 Å². The average Bonchev–Trinajstić information content (AvgIpc) is 2.95. The highest BCUT2D eigenvalue weighted by Gasteiger charge is 2.30. The number of carbonyl (C=O) groups excluding carboxylic acids is 1. The molecular formula is C22H27ClN2O3S. The van der Waals surface area contributed by atoms with Gasteiger partial charge in [-0.15, -0.1) is 0 Å². The van der Waals surface area contributed by atoms with Crippen LogP contribution in [0.2, 0.25) is 5.02 Å². The maximum Gasteiger partial charge on any atom is 0.243 e. The van der Waals surface area contributed by atoms with Crippen molar-refractivity contribution in [3.8, 4) is 0 Å². The van der Waals surface area contributed by atoms with Crippen molar-refractivity contribution in [3.05, 3.63) is 58.6 Å². The number of nitrogens with one attached hydrogen (secondary N) is 1. The number of aryl methyl sites for hydroxylation is 1. The fourth-order valence-electron chi connectivity index (χ4n) is 3.74. The monoisotopic (exact) mass is 434 g/mol. The van der Waals surface area contributed by atoms with Gasteiger partial charge in [0.25, 0.3) is 0 Å². The number of hydrogen-bond donors (Lipinski definition) is 1. The summed E-state index contributed by atoms with van der Waals surface area (Å²) in [4.78, 5) is 11.9. The van der Waals surface area contributed by atoms with Crippen LogP contribution in [0.25, 0.3) is 0 Å². The van der Waals surface area contributed by atoms with Crippen molar-refractivity contribution in [2.45, 2.75) is 50.3 Å². The maximum absolute atomic E-state index is 13.4. The van der Waals surface area contributed by atoms with E-state index in [1.165, 1.54) is 0 Å².